The van der Waals surface area contributed by atoms with Crippen molar-refractivity contribution in [2.24, 2.45) is 0 Å². The lowest BCUT2D eigenvalue weighted by Gasteiger charge is -2.23. The Morgan fingerprint density at radius 2 is 1.72 bits per heavy atom. The van der Waals surface area contributed by atoms with Crippen molar-refractivity contribution in [1.29, 1.82) is 0 Å². The lowest BCUT2D eigenvalue weighted by atomic mass is 10.1. The molecule has 4 rings (SSSR count). The van der Waals surface area contributed by atoms with E-state index in [0.29, 0.717) is 29.7 Å². The van der Waals surface area contributed by atoms with Crippen molar-refractivity contribution in [2.75, 3.05) is 18.5 Å². The molecule has 1 aliphatic carbocycles. The lowest BCUT2D eigenvalue weighted by molar-refractivity contribution is -0.0109. The van der Waals surface area contributed by atoms with E-state index in [1.54, 1.807) is 12.1 Å². The van der Waals surface area contributed by atoms with Crippen LogP contribution in [0.1, 0.15) is 55.3 Å². The second kappa shape index (κ2) is 9.79. The van der Waals surface area contributed by atoms with Gasteiger partial charge in [0, 0.05) is 12.2 Å². The van der Waals surface area contributed by atoms with E-state index in [1.165, 1.54) is 19.3 Å². The molecule has 1 saturated heterocycles. The molecule has 1 N–H and O–H groups in total. The maximum absolute atomic E-state index is 12.7. The van der Waals surface area contributed by atoms with Crippen LogP contribution in [0.2, 0.25) is 0 Å². The third-order valence-electron chi connectivity index (χ3n) is 5.56. The summed E-state index contributed by atoms with van der Waals surface area (Å²) in [7, 11) is 0. The number of para-hydroxylation sites is 2. The van der Waals surface area contributed by atoms with Crippen LogP contribution in [0, 0.1) is 0 Å². The van der Waals surface area contributed by atoms with Gasteiger partial charge < -0.3 is 19.5 Å². The number of ether oxygens (including phenoxy) is 3. The number of amides is 1. The van der Waals surface area contributed by atoms with Crippen LogP contribution in [0.5, 0.6) is 11.5 Å². The van der Waals surface area contributed by atoms with Crippen LogP contribution in [0.3, 0.4) is 0 Å². The number of carbonyl (C=O) groups is 1. The van der Waals surface area contributed by atoms with Gasteiger partial charge in [-0.2, -0.15) is 0 Å². The number of nitrogens with one attached hydrogen (secondary N) is 1. The Morgan fingerprint density at radius 1 is 0.966 bits per heavy atom. The summed E-state index contributed by atoms with van der Waals surface area (Å²) in [6.07, 6.45) is 8.45. The highest BCUT2D eigenvalue weighted by molar-refractivity contribution is 6.05. The summed E-state index contributed by atoms with van der Waals surface area (Å²) >= 11 is 0. The highest BCUT2D eigenvalue weighted by atomic mass is 16.5. The zero-order chi connectivity index (χ0) is 19.9. The number of hydrogen-bond acceptors (Lipinski definition) is 4. The maximum atomic E-state index is 12.7. The second-order valence-electron chi connectivity index (χ2n) is 7.80. The minimum Gasteiger partial charge on any atom is -0.490 e. The molecule has 2 aliphatic rings. The Bertz CT molecular complexity index is 793. The van der Waals surface area contributed by atoms with E-state index in [9.17, 15) is 4.79 Å². The summed E-state index contributed by atoms with van der Waals surface area (Å²) in [5.74, 6) is 1.32. The molecule has 1 atom stereocenters. The largest absolute Gasteiger partial charge is 0.490 e. The first-order valence-electron chi connectivity index (χ1n) is 10.7. The maximum Gasteiger partial charge on any atom is 0.255 e. The van der Waals surface area contributed by atoms with Gasteiger partial charge in [0.05, 0.1) is 17.9 Å². The fourth-order valence-electron chi connectivity index (χ4n) is 3.90. The zero-order valence-corrected chi connectivity index (χ0v) is 16.8. The first-order chi connectivity index (χ1) is 14.3. The third-order valence-corrected chi connectivity index (χ3v) is 5.56. The Kier molecular flexibility index (Phi) is 6.67. The van der Waals surface area contributed by atoms with Gasteiger partial charge in [-0.3, -0.25) is 4.79 Å². The van der Waals surface area contributed by atoms with Gasteiger partial charge in [0.1, 0.15) is 18.1 Å². The van der Waals surface area contributed by atoms with Crippen molar-refractivity contribution in [3.8, 4) is 11.5 Å². The van der Waals surface area contributed by atoms with Gasteiger partial charge in [-0.25, -0.2) is 0 Å². The van der Waals surface area contributed by atoms with Crippen molar-refractivity contribution < 1.29 is 19.0 Å². The van der Waals surface area contributed by atoms with Crippen LogP contribution in [0.4, 0.5) is 5.69 Å². The molecular formula is C24H29NO4. The summed E-state index contributed by atoms with van der Waals surface area (Å²) in [5, 5.41) is 2.96. The van der Waals surface area contributed by atoms with E-state index in [1.807, 2.05) is 36.4 Å². The van der Waals surface area contributed by atoms with Gasteiger partial charge in [0.25, 0.3) is 5.91 Å². The van der Waals surface area contributed by atoms with Gasteiger partial charge in [-0.15, -0.1) is 0 Å². The van der Waals surface area contributed by atoms with Gasteiger partial charge in [-0.1, -0.05) is 12.1 Å². The Balaban J connectivity index is 1.35. The summed E-state index contributed by atoms with van der Waals surface area (Å²) in [6.45, 7) is 1.30. The molecule has 1 unspecified atom stereocenters. The second-order valence-corrected chi connectivity index (χ2v) is 7.80. The average molecular weight is 395 g/mol. The highest BCUT2D eigenvalue weighted by Crippen LogP contribution is 2.27. The Morgan fingerprint density at radius 3 is 2.48 bits per heavy atom. The fraction of sp³-hybridized carbons (Fsp3) is 0.458. The van der Waals surface area contributed by atoms with Crippen molar-refractivity contribution in [1.82, 2.24) is 0 Å². The van der Waals surface area contributed by atoms with Gasteiger partial charge in [0.15, 0.2) is 0 Å². The first kappa shape index (κ1) is 19.8. The summed E-state index contributed by atoms with van der Waals surface area (Å²) in [5.41, 5.74) is 1.26. The number of anilines is 1. The molecule has 5 heteroatoms. The third kappa shape index (κ3) is 5.51. The van der Waals surface area contributed by atoms with E-state index in [0.717, 1.165) is 38.0 Å². The van der Waals surface area contributed by atoms with Gasteiger partial charge in [-0.05, 0) is 81.3 Å². The van der Waals surface area contributed by atoms with Crippen LogP contribution in [-0.2, 0) is 4.74 Å². The molecule has 1 aliphatic heterocycles. The molecule has 0 radical (unpaired) electrons. The first-order valence-corrected chi connectivity index (χ1v) is 10.7. The quantitative estimate of drug-likeness (QED) is 0.699. The molecule has 5 nitrogen and oxygen atoms in total. The standard InChI is InChI=1S/C24H29NO4/c26-24(18-12-14-20(15-13-18)29-19-7-1-2-8-19)25-22-10-3-4-11-23(22)28-17-21-9-5-6-16-27-21/h3-4,10-15,19,21H,1-2,5-9,16-17H2,(H,25,26). The van der Waals surface area contributed by atoms with Gasteiger partial charge >= 0.3 is 0 Å². The smallest absolute Gasteiger partial charge is 0.255 e. The lowest BCUT2D eigenvalue weighted by Crippen LogP contribution is -2.26. The van der Waals surface area contributed by atoms with Crippen molar-refractivity contribution in [2.45, 2.75) is 57.2 Å². The molecule has 1 heterocycles. The van der Waals surface area contributed by atoms with Crippen molar-refractivity contribution in [3.63, 3.8) is 0 Å². The van der Waals surface area contributed by atoms with Crippen LogP contribution in [0.15, 0.2) is 48.5 Å². The number of hydrogen-bond donors (Lipinski definition) is 1. The molecule has 1 saturated carbocycles. The summed E-state index contributed by atoms with van der Waals surface area (Å²) in [6, 6.07) is 14.9. The summed E-state index contributed by atoms with van der Waals surface area (Å²) < 4.78 is 17.6. The molecule has 2 fully saturated rings. The zero-order valence-electron chi connectivity index (χ0n) is 16.8. The average Bonchev–Trinajstić information content (AvgIpc) is 3.27. The van der Waals surface area contributed by atoms with Crippen molar-refractivity contribution >= 4 is 11.6 Å². The molecule has 29 heavy (non-hydrogen) atoms. The molecule has 1 amide bonds. The van der Waals surface area contributed by atoms with Crippen LogP contribution in [0.25, 0.3) is 0 Å². The topological polar surface area (TPSA) is 56.8 Å². The molecule has 0 spiro atoms. The van der Waals surface area contributed by atoms with E-state index in [2.05, 4.69) is 5.32 Å². The predicted molar refractivity (Wildman–Crippen MR) is 113 cm³/mol. The number of carbonyl (C=O) groups excluding carboxylic acids is 1. The fourth-order valence-corrected chi connectivity index (χ4v) is 3.90. The van der Waals surface area contributed by atoms with Crippen molar-refractivity contribution in [3.05, 3.63) is 54.1 Å². The molecular weight excluding hydrogens is 366 g/mol. The monoisotopic (exact) mass is 395 g/mol. The van der Waals surface area contributed by atoms with E-state index < -0.39 is 0 Å². The minimum atomic E-state index is -0.164. The normalized spacial score (nSPS) is 19.7. The highest BCUT2D eigenvalue weighted by Gasteiger charge is 2.18. The molecule has 2 aromatic carbocycles. The predicted octanol–water partition coefficient (Wildman–Crippen LogP) is 5.21. The SMILES string of the molecule is O=C(Nc1ccccc1OCC1CCCCO1)c1ccc(OC2CCCC2)cc1. The Hall–Kier alpha value is -2.53. The summed E-state index contributed by atoms with van der Waals surface area (Å²) in [4.78, 5) is 12.7. The molecule has 0 aromatic heterocycles. The minimum absolute atomic E-state index is 0.125. The van der Waals surface area contributed by atoms with Gasteiger partial charge in [0.2, 0.25) is 0 Å². The van der Waals surface area contributed by atoms with E-state index >= 15 is 0 Å². The molecule has 154 valence electrons. The van der Waals surface area contributed by atoms with Crippen LogP contribution < -0.4 is 14.8 Å². The van der Waals surface area contributed by atoms with E-state index in [-0.39, 0.29) is 12.0 Å². The molecule has 0 bridgehead atoms. The number of rotatable bonds is 7. The number of benzene rings is 2. The van der Waals surface area contributed by atoms with Crippen LogP contribution >= 0.6 is 0 Å². The van der Waals surface area contributed by atoms with E-state index in [4.69, 9.17) is 14.2 Å². The van der Waals surface area contributed by atoms with Crippen LogP contribution in [-0.4, -0.2) is 31.3 Å². The molecule has 2 aromatic rings. The Labute approximate surface area is 172 Å².